The first-order valence-corrected chi connectivity index (χ1v) is 10.7. The van der Waals surface area contributed by atoms with Crippen LogP contribution >= 0.6 is 11.6 Å². The summed E-state index contributed by atoms with van der Waals surface area (Å²) < 4.78 is 0. The third kappa shape index (κ3) is 3.94. The van der Waals surface area contributed by atoms with Gasteiger partial charge >= 0.3 is 0 Å². The van der Waals surface area contributed by atoms with Gasteiger partial charge < -0.3 is 0 Å². The number of carbonyl (C=O) groups excluding carboxylic acids is 3. The quantitative estimate of drug-likeness (QED) is 0.321. The Bertz CT molecular complexity index is 1170. The largest absolute Gasteiger partial charge is 0.297 e. The number of rotatable bonds is 5. The number of amides is 1. The van der Waals surface area contributed by atoms with E-state index in [1.165, 1.54) is 4.90 Å². The first kappa shape index (κ1) is 21.8. The summed E-state index contributed by atoms with van der Waals surface area (Å²) in [5.74, 6) is -2.60. The Labute approximate surface area is 191 Å². The Hall–Kier alpha value is -3.38. The van der Waals surface area contributed by atoms with Gasteiger partial charge in [-0.2, -0.15) is 5.10 Å². The molecule has 2 heterocycles. The molecule has 2 aromatic carbocycles. The Morgan fingerprint density at radius 2 is 1.59 bits per heavy atom. The molecule has 0 saturated carbocycles. The molecule has 2 atom stereocenters. The highest BCUT2D eigenvalue weighted by Crippen LogP contribution is 2.40. The lowest BCUT2D eigenvalue weighted by Crippen LogP contribution is -2.31. The van der Waals surface area contributed by atoms with Gasteiger partial charge in [0, 0.05) is 10.6 Å². The van der Waals surface area contributed by atoms with Crippen LogP contribution in [0.25, 0.3) is 0 Å². The standard InChI is InChI=1S/C25H22ClN3O3/c1-14(2)16-5-7-18(8-6-16)23(30)21-22(17-9-11-19(26)12-10-17)29(25(32)24(21)31)20-13-4-15(3)27-28-20/h4-14,21-22H,1-3H3. The molecule has 6 nitrogen and oxygen atoms in total. The van der Waals surface area contributed by atoms with Crippen LogP contribution in [0.5, 0.6) is 0 Å². The lowest BCUT2D eigenvalue weighted by atomic mass is 9.86. The van der Waals surface area contributed by atoms with Crippen LogP contribution in [0, 0.1) is 12.8 Å². The highest BCUT2D eigenvalue weighted by Gasteiger charge is 2.52. The number of ketones is 2. The van der Waals surface area contributed by atoms with Gasteiger partial charge in [0.2, 0.25) is 5.78 Å². The maximum Gasteiger partial charge on any atom is 0.297 e. The van der Waals surface area contributed by atoms with Crippen LogP contribution in [0.15, 0.2) is 60.7 Å². The normalized spacial score (nSPS) is 18.5. The molecule has 0 N–H and O–H groups in total. The van der Waals surface area contributed by atoms with Gasteiger partial charge in [-0.3, -0.25) is 19.3 Å². The van der Waals surface area contributed by atoms with E-state index >= 15 is 0 Å². The van der Waals surface area contributed by atoms with Gasteiger partial charge in [-0.05, 0) is 48.2 Å². The number of hydrogen-bond donors (Lipinski definition) is 0. The Morgan fingerprint density at radius 3 is 2.16 bits per heavy atom. The van der Waals surface area contributed by atoms with Gasteiger partial charge in [0.05, 0.1) is 11.7 Å². The number of carbonyl (C=O) groups is 3. The molecule has 1 aliphatic rings. The molecule has 7 heteroatoms. The number of benzene rings is 2. The van der Waals surface area contributed by atoms with Gasteiger partial charge in [-0.1, -0.05) is 61.8 Å². The maximum atomic E-state index is 13.5. The fourth-order valence-electron chi connectivity index (χ4n) is 3.91. The van der Waals surface area contributed by atoms with E-state index in [-0.39, 0.29) is 5.82 Å². The fourth-order valence-corrected chi connectivity index (χ4v) is 4.04. The number of hydrogen-bond acceptors (Lipinski definition) is 5. The predicted molar refractivity (Wildman–Crippen MR) is 122 cm³/mol. The smallest absolute Gasteiger partial charge is 0.293 e. The molecule has 0 radical (unpaired) electrons. The van der Waals surface area contributed by atoms with Crippen molar-refractivity contribution in [3.8, 4) is 0 Å². The molecule has 2 unspecified atom stereocenters. The van der Waals surface area contributed by atoms with Crippen LogP contribution in [-0.2, 0) is 9.59 Å². The molecule has 1 aromatic heterocycles. The molecule has 1 fully saturated rings. The zero-order valence-corrected chi connectivity index (χ0v) is 18.7. The van der Waals surface area contributed by atoms with Crippen molar-refractivity contribution in [1.29, 1.82) is 0 Å². The number of Topliss-reactive ketones (excluding diaryl/α,β-unsaturated/α-hetero) is 2. The van der Waals surface area contributed by atoms with Gasteiger partial charge in [0.15, 0.2) is 11.6 Å². The molecule has 1 amide bonds. The highest BCUT2D eigenvalue weighted by atomic mass is 35.5. The molecule has 0 aliphatic carbocycles. The summed E-state index contributed by atoms with van der Waals surface area (Å²) in [5.41, 5.74) is 2.76. The van der Waals surface area contributed by atoms with E-state index in [2.05, 4.69) is 24.0 Å². The van der Waals surface area contributed by atoms with E-state index < -0.39 is 29.4 Å². The molecule has 3 aromatic rings. The Morgan fingerprint density at radius 1 is 0.938 bits per heavy atom. The van der Waals surface area contributed by atoms with E-state index in [1.54, 1.807) is 55.5 Å². The number of halogens is 1. The molecular weight excluding hydrogens is 426 g/mol. The second-order valence-electron chi connectivity index (χ2n) is 8.19. The second-order valence-corrected chi connectivity index (χ2v) is 8.62. The van der Waals surface area contributed by atoms with Gasteiger partial charge in [0.1, 0.15) is 5.92 Å². The average Bonchev–Trinajstić information content (AvgIpc) is 3.05. The van der Waals surface area contributed by atoms with Crippen LogP contribution in [0.3, 0.4) is 0 Å². The topological polar surface area (TPSA) is 80.2 Å². The van der Waals surface area contributed by atoms with Crippen molar-refractivity contribution in [2.45, 2.75) is 32.7 Å². The second kappa shape index (κ2) is 8.63. The van der Waals surface area contributed by atoms with Gasteiger partial charge in [-0.15, -0.1) is 5.10 Å². The summed E-state index contributed by atoms with van der Waals surface area (Å²) >= 11 is 6.04. The molecule has 162 valence electrons. The summed E-state index contributed by atoms with van der Waals surface area (Å²) in [5, 5.41) is 8.63. The SMILES string of the molecule is Cc1ccc(N2C(=O)C(=O)C(C(=O)c3ccc(C(C)C)cc3)C2c2ccc(Cl)cc2)nn1. The van der Waals surface area contributed by atoms with Crippen molar-refractivity contribution in [2.75, 3.05) is 4.90 Å². The van der Waals surface area contributed by atoms with Crippen LogP contribution in [-0.4, -0.2) is 27.7 Å². The van der Waals surface area contributed by atoms with Crippen molar-refractivity contribution < 1.29 is 14.4 Å². The molecule has 0 spiro atoms. The van der Waals surface area contributed by atoms with E-state index in [0.717, 1.165) is 5.56 Å². The van der Waals surface area contributed by atoms with E-state index in [1.807, 2.05) is 12.1 Å². The minimum absolute atomic E-state index is 0.222. The van der Waals surface area contributed by atoms with E-state index in [9.17, 15) is 14.4 Å². The molecule has 32 heavy (non-hydrogen) atoms. The Kier molecular flexibility index (Phi) is 5.89. The van der Waals surface area contributed by atoms with Crippen LogP contribution < -0.4 is 4.90 Å². The molecule has 1 saturated heterocycles. The van der Waals surface area contributed by atoms with Crippen molar-refractivity contribution >= 4 is 34.9 Å². The number of aromatic nitrogens is 2. The minimum atomic E-state index is -1.20. The zero-order chi connectivity index (χ0) is 23.0. The molecule has 1 aliphatic heterocycles. The number of nitrogens with zero attached hydrogens (tertiary/aromatic N) is 3. The third-order valence-electron chi connectivity index (χ3n) is 5.69. The van der Waals surface area contributed by atoms with Crippen LogP contribution in [0.4, 0.5) is 5.82 Å². The maximum absolute atomic E-state index is 13.5. The van der Waals surface area contributed by atoms with Crippen LogP contribution in [0.2, 0.25) is 5.02 Å². The summed E-state index contributed by atoms with van der Waals surface area (Å²) in [7, 11) is 0. The number of anilines is 1. The van der Waals surface area contributed by atoms with E-state index in [0.29, 0.717) is 27.8 Å². The minimum Gasteiger partial charge on any atom is -0.293 e. The first-order valence-electron chi connectivity index (χ1n) is 10.4. The van der Waals surface area contributed by atoms with Gasteiger partial charge in [0.25, 0.3) is 5.91 Å². The highest BCUT2D eigenvalue weighted by molar-refractivity contribution is 6.48. The first-order chi connectivity index (χ1) is 15.3. The van der Waals surface area contributed by atoms with Crippen molar-refractivity contribution in [3.63, 3.8) is 0 Å². The van der Waals surface area contributed by atoms with Crippen molar-refractivity contribution in [1.82, 2.24) is 10.2 Å². The average molecular weight is 448 g/mol. The number of aryl methyl sites for hydroxylation is 1. The van der Waals surface area contributed by atoms with Gasteiger partial charge in [-0.25, -0.2) is 0 Å². The molecule has 0 bridgehead atoms. The summed E-state index contributed by atoms with van der Waals surface area (Å²) in [4.78, 5) is 40.9. The predicted octanol–water partition coefficient (Wildman–Crippen LogP) is 4.72. The van der Waals surface area contributed by atoms with Crippen molar-refractivity contribution in [3.05, 3.63) is 88.1 Å². The van der Waals surface area contributed by atoms with Crippen molar-refractivity contribution in [2.24, 2.45) is 5.92 Å². The lowest BCUT2D eigenvalue weighted by Gasteiger charge is -2.26. The summed E-state index contributed by atoms with van der Waals surface area (Å²) in [6, 6.07) is 16.4. The molecular formula is C25H22ClN3O3. The Balaban J connectivity index is 1.81. The fraction of sp³-hybridized carbons (Fsp3) is 0.240. The molecule has 4 rings (SSSR count). The lowest BCUT2D eigenvalue weighted by molar-refractivity contribution is -0.135. The zero-order valence-electron chi connectivity index (χ0n) is 17.9. The van der Waals surface area contributed by atoms with Crippen LogP contribution in [0.1, 0.15) is 53.0 Å². The van der Waals surface area contributed by atoms with E-state index in [4.69, 9.17) is 11.6 Å². The summed E-state index contributed by atoms with van der Waals surface area (Å²) in [6.07, 6.45) is 0. The summed E-state index contributed by atoms with van der Waals surface area (Å²) in [6.45, 7) is 5.90. The third-order valence-corrected chi connectivity index (χ3v) is 5.94. The monoisotopic (exact) mass is 447 g/mol.